The molecule has 0 aliphatic rings. The van der Waals surface area contributed by atoms with Gasteiger partial charge in [-0.05, 0) is 18.2 Å². The van der Waals surface area contributed by atoms with Gasteiger partial charge in [-0.3, -0.25) is 0 Å². The molecule has 3 nitrogen and oxygen atoms in total. The van der Waals surface area contributed by atoms with Gasteiger partial charge in [0.25, 0.3) is 0 Å². The van der Waals surface area contributed by atoms with Gasteiger partial charge in [0, 0.05) is 23.4 Å². The SMILES string of the molecule is Nc1ccc(Cl)cc1Oc1cc(C(F)(F)F)ccn1. The summed E-state index contributed by atoms with van der Waals surface area (Å²) in [6, 6.07) is 6.09. The van der Waals surface area contributed by atoms with Crippen molar-refractivity contribution in [3.8, 4) is 11.6 Å². The van der Waals surface area contributed by atoms with Crippen LogP contribution in [-0.2, 0) is 6.18 Å². The lowest BCUT2D eigenvalue weighted by atomic mass is 10.2. The van der Waals surface area contributed by atoms with Gasteiger partial charge in [-0.1, -0.05) is 11.6 Å². The van der Waals surface area contributed by atoms with Crippen molar-refractivity contribution < 1.29 is 17.9 Å². The number of hydrogen-bond donors (Lipinski definition) is 1. The fourth-order valence-corrected chi connectivity index (χ4v) is 1.51. The van der Waals surface area contributed by atoms with E-state index in [9.17, 15) is 13.2 Å². The summed E-state index contributed by atoms with van der Waals surface area (Å²) in [7, 11) is 0. The fraction of sp³-hybridized carbons (Fsp3) is 0.0833. The van der Waals surface area contributed by atoms with Crippen LogP contribution in [0.25, 0.3) is 0 Å². The van der Waals surface area contributed by atoms with Crippen molar-refractivity contribution in [2.24, 2.45) is 0 Å². The van der Waals surface area contributed by atoms with Crippen LogP contribution in [0, 0.1) is 0 Å². The molecule has 1 heterocycles. The molecule has 2 N–H and O–H groups in total. The van der Waals surface area contributed by atoms with E-state index in [1.54, 1.807) is 6.07 Å². The summed E-state index contributed by atoms with van der Waals surface area (Å²) in [4.78, 5) is 3.70. The molecule has 0 unspecified atom stereocenters. The molecule has 0 spiro atoms. The Morgan fingerprint density at radius 2 is 1.89 bits per heavy atom. The topological polar surface area (TPSA) is 48.1 Å². The van der Waals surface area contributed by atoms with E-state index in [1.807, 2.05) is 0 Å². The second-order valence-corrected chi connectivity index (χ2v) is 4.10. The van der Waals surface area contributed by atoms with Gasteiger partial charge in [0.2, 0.25) is 5.88 Å². The molecule has 19 heavy (non-hydrogen) atoms. The second kappa shape index (κ2) is 4.97. The number of pyridine rings is 1. The third kappa shape index (κ3) is 3.29. The third-order valence-corrected chi connectivity index (χ3v) is 2.49. The first-order valence-electron chi connectivity index (χ1n) is 5.12. The zero-order chi connectivity index (χ0) is 14.0. The van der Waals surface area contributed by atoms with E-state index in [-0.39, 0.29) is 17.3 Å². The predicted octanol–water partition coefficient (Wildman–Crippen LogP) is 4.13. The van der Waals surface area contributed by atoms with Gasteiger partial charge in [-0.2, -0.15) is 13.2 Å². The van der Waals surface area contributed by atoms with Crippen LogP contribution in [0.3, 0.4) is 0 Å². The zero-order valence-electron chi connectivity index (χ0n) is 9.41. The molecular formula is C12H8ClF3N2O. The van der Waals surface area contributed by atoms with Crippen molar-refractivity contribution in [1.29, 1.82) is 0 Å². The zero-order valence-corrected chi connectivity index (χ0v) is 10.2. The van der Waals surface area contributed by atoms with E-state index in [2.05, 4.69) is 4.98 Å². The Morgan fingerprint density at radius 1 is 1.16 bits per heavy atom. The summed E-state index contributed by atoms with van der Waals surface area (Å²) in [6.07, 6.45) is -3.44. The van der Waals surface area contributed by atoms with Gasteiger partial charge >= 0.3 is 6.18 Å². The van der Waals surface area contributed by atoms with E-state index in [0.29, 0.717) is 5.02 Å². The van der Waals surface area contributed by atoms with Crippen LogP contribution in [0.4, 0.5) is 18.9 Å². The van der Waals surface area contributed by atoms with Crippen LogP contribution >= 0.6 is 11.6 Å². The number of ether oxygens (including phenoxy) is 1. The molecular weight excluding hydrogens is 281 g/mol. The minimum absolute atomic E-state index is 0.152. The van der Waals surface area contributed by atoms with E-state index < -0.39 is 11.7 Å². The molecule has 0 bridgehead atoms. The molecule has 0 radical (unpaired) electrons. The summed E-state index contributed by atoms with van der Waals surface area (Å²) < 4.78 is 42.8. The monoisotopic (exact) mass is 288 g/mol. The number of nitrogen functional groups attached to an aromatic ring is 1. The van der Waals surface area contributed by atoms with Crippen molar-refractivity contribution in [2.75, 3.05) is 5.73 Å². The fourth-order valence-electron chi connectivity index (χ4n) is 1.35. The molecule has 100 valence electrons. The number of hydrogen-bond acceptors (Lipinski definition) is 3. The smallest absolute Gasteiger partial charge is 0.416 e. The van der Waals surface area contributed by atoms with Crippen molar-refractivity contribution in [2.45, 2.75) is 6.18 Å². The summed E-state index contributed by atoms with van der Waals surface area (Å²) in [6.45, 7) is 0. The lowest BCUT2D eigenvalue weighted by molar-refractivity contribution is -0.137. The highest BCUT2D eigenvalue weighted by Crippen LogP contribution is 2.33. The Morgan fingerprint density at radius 3 is 2.58 bits per heavy atom. The third-order valence-electron chi connectivity index (χ3n) is 2.25. The highest BCUT2D eigenvalue weighted by atomic mass is 35.5. The van der Waals surface area contributed by atoms with Crippen LogP contribution < -0.4 is 10.5 Å². The van der Waals surface area contributed by atoms with E-state index in [4.69, 9.17) is 22.1 Å². The largest absolute Gasteiger partial charge is 0.437 e. The van der Waals surface area contributed by atoms with Crippen molar-refractivity contribution in [1.82, 2.24) is 4.98 Å². The van der Waals surface area contributed by atoms with Gasteiger partial charge < -0.3 is 10.5 Å². The average Bonchev–Trinajstić information content (AvgIpc) is 2.33. The Labute approximate surface area is 111 Å². The number of halogens is 4. The average molecular weight is 289 g/mol. The van der Waals surface area contributed by atoms with E-state index in [1.165, 1.54) is 12.1 Å². The van der Waals surface area contributed by atoms with Crippen molar-refractivity contribution in [3.05, 3.63) is 47.1 Å². The number of nitrogens with zero attached hydrogens (tertiary/aromatic N) is 1. The van der Waals surface area contributed by atoms with Crippen LogP contribution in [0.15, 0.2) is 36.5 Å². The lowest BCUT2D eigenvalue weighted by Crippen LogP contribution is -2.05. The van der Waals surface area contributed by atoms with Crippen LogP contribution in [0.2, 0.25) is 5.02 Å². The first-order chi connectivity index (χ1) is 8.86. The van der Waals surface area contributed by atoms with Crippen molar-refractivity contribution in [3.63, 3.8) is 0 Å². The maximum Gasteiger partial charge on any atom is 0.416 e. The normalized spacial score (nSPS) is 11.4. The maximum absolute atomic E-state index is 12.5. The Kier molecular flexibility index (Phi) is 3.53. The van der Waals surface area contributed by atoms with Gasteiger partial charge in [0.15, 0.2) is 5.75 Å². The standard InChI is InChI=1S/C12H8ClF3N2O/c13-8-1-2-9(17)10(6-8)19-11-5-7(3-4-18-11)12(14,15)16/h1-6H,17H2. The Hall–Kier alpha value is -1.95. The summed E-state index contributed by atoms with van der Waals surface area (Å²) in [5.41, 5.74) is 5.03. The molecule has 0 aliphatic carbocycles. The lowest BCUT2D eigenvalue weighted by Gasteiger charge is -2.10. The van der Waals surface area contributed by atoms with Gasteiger partial charge in [-0.15, -0.1) is 0 Å². The number of benzene rings is 1. The van der Waals surface area contributed by atoms with Crippen LogP contribution in [0.1, 0.15) is 5.56 Å². The molecule has 0 fully saturated rings. The minimum Gasteiger partial charge on any atom is -0.437 e. The number of alkyl halides is 3. The predicted molar refractivity (Wildman–Crippen MR) is 65.2 cm³/mol. The molecule has 1 aromatic heterocycles. The van der Waals surface area contributed by atoms with Crippen molar-refractivity contribution >= 4 is 17.3 Å². The number of rotatable bonds is 2. The molecule has 1 aromatic carbocycles. The van der Waals surface area contributed by atoms with Gasteiger partial charge in [0.05, 0.1) is 11.3 Å². The number of anilines is 1. The second-order valence-electron chi connectivity index (χ2n) is 3.66. The highest BCUT2D eigenvalue weighted by Gasteiger charge is 2.31. The van der Waals surface area contributed by atoms with Crippen LogP contribution in [-0.4, -0.2) is 4.98 Å². The summed E-state index contributed by atoms with van der Waals surface area (Å²) >= 11 is 5.75. The Balaban J connectivity index is 2.31. The number of aromatic nitrogens is 1. The van der Waals surface area contributed by atoms with E-state index in [0.717, 1.165) is 18.3 Å². The minimum atomic E-state index is -4.46. The summed E-state index contributed by atoms with van der Waals surface area (Å²) in [5, 5.41) is 0.358. The first kappa shape index (κ1) is 13.5. The molecule has 2 rings (SSSR count). The molecule has 0 amide bonds. The maximum atomic E-state index is 12.5. The molecule has 0 saturated carbocycles. The van der Waals surface area contributed by atoms with Gasteiger partial charge in [-0.25, -0.2) is 4.98 Å². The highest BCUT2D eigenvalue weighted by molar-refractivity contribution is 6.30. The molecule has 0 aliphatic heterocycles. The van der Waals surface area contributed by atoms with Crippen LogP contribution in [0.5, 0.6) is 11.6 Å². The Bertz CT molecular complexity index is 602. The molecule has 7 heteroatoms. The van der Waals surface area contributed by atoms with Gasteiger partial charge in [0.1, 0.15) is 0 Å². The first-order valence-corrected chi connectivity index (χ1v) is 5.50. The molecule has 0 saturated heterocycles. The molecule has 2 aromatic rings. The molecule has 0 atom stereocenters. The number of nitrogens with two attached hydrogens (primary N) is 1. The van der Waals surface area contributed by atoms with E-state index >= 15 is 0 Å². The quantitative estimate of drug-likeness (QED) is 0.845. The summed E-state index contributed by atoms with van der Waals surface area (Å²) in [5.74, 6) is -0.0527.